The van der Waals surface area contributed by atoms with Crippen LogP contribution in [0, 0.1) is 6.92 Å². The van der Waals surface area contributed by atoms with Gasteiger partial charge in [0.05, 0.1) is 0 Å². The zero-order chi connectivity index (χ0) is 10.6. The summed E-state index contributed by atoms with van der Waals surface area (Å²) in [5, 5.41) is 9.61. The van der Waals surface area contributed by atoms with Gasteiger partial charge in [0, 0.05) is 14.1 Å². The lowest BCUT2D eigenvalue weighted by molar-refractivity contribution is 0.469. The van der Waals surface area contributed by atoms with E-state index in [1.807, 2.05) is 50.3 Å². The van der Waals surface area contributed by atoms with Gasteiger partial charge in [0.2, 0.25) is 0 Å². The molecule has 1 aromatic rings. The topological polar surface area (TPSA) is 23.5 Å². The smallest absolute Gasteiger partial charge is 0.119 e. The third kappa shape index (κ3) is 3.13. The number of phenols is 1. The van der Waals surface area contributed by atoms with Gasteiger partial charge in [-0.25, -0.2) is 0 Å². The molecule has 0 saturated carbocycles. The molecule has 0 bridgehead atoms. The predicted molar refractivity (Wildman–Crippen MR) is 59.4 cm³/mol. The molecule has 0 heterocycles. The van der Waals surface area contributed by atoms with Crippen LogP contribution in [0.5, 0.6) is 5.75 Å². The molecular weight excluding hydrogens is 174 g/mol. The fraction of sp³-hybridized carbons (Fsp3) is 0.333. The summed E-state index contributed by atoms with van der Waals surface area (Å²) in [7, 11) is 3.96. The minimum atomic E-state index is 0.383. The first-order chi connectivity index (χ1) is 6.59. The molecule has 0 unspecified atom stereocenters. The minimum absolute atomic E-state index is 0.383. The molecule has 0 fully saturated rings. The number of hydrogen-bond donors (Lipinski definition) is 1. The highest BCUT2D eigenvalue weighted by molar-refractivity contribution is 5.36. The van der Waals surface area contributed by atoms with Crippen molar-refractivity contribution in [2.24, 2.45) is 0 Å². The average molecular weight is 191 g/mol. The van der Waals surface area contributed by atoms with Crippen molar-refractivity contribution >= 4 is 0 Å². The van der Waals surface area contributed by atoms with Crippen LogP contribution in [0.3, 0.4) is 0 Å². The number of phenolic OH excluding ortho intramolecular Hbond substituents is 1. The van der Waals surface area contributed by atoms with Crippen molar-refractivity contribution < 1.29 is 5.11 Å². The average Bonchev–Trinajstić information content (AvgIpc) is 2.08. The molecule has 1 rings (SSSR count). The first-order valence-electron chi connectivity index (χ1n) is 4.71. The van der Waals surface area contributed by atoms with E-state index in [-0.39, 0.29) is 0 Å². The van der Waals surface area contributed by atoms with Crippen LogP contribution in [0.1, 0.15) is 11.1 Å². The van der Waals surface area contributed by atoms with Crippen molar-refractivity contribution in [1.29, 1.82) is 0 Å². The Hall–Kier alpha value is -1.44. The molecule has 76 valence electrons. The van der Waals surface area contributed by atoms with E-state index >= 15 is 0 Å². The highest BCUT2D eigenvalue weighted by atomic mass is 16.3. The molecule has 0 aromatic heterocycles. The summed E-state index contributed by atoms with van der Waals surface area (Å²) < 4.78 is 0. The summed E-state index contributed by atoms with van der Waals surface area (Å²) >= 11 is 0. The second kappa shape index (κ2) is 4.70. The lowest BCUT2D eigenvalue weighted by atomic mass is 10.1. The van der Waals surface area contributed by atoms with Gasteiger partial charge < -0.3 is 10.0 Å². The van der Waals surface area contributed by atoms with E-state index in [0.29, 0.717) is 5.75 Å². The van der Waals surface area contributed by atoms with Crippen LogP contribution < -0.4 is 0 Å². The molecule has 2 nitrogen and oxygen atoms in total. The number of aromatic hydroxyl groups is 1. The second-order valence-corrected chi connectivity index (χ2v) is 3.68. The molecule has 0 amide bonds. The van der Waals surface area contributed by atoms with Crippen molar-refractivity contribution in [3.05, 3.63) is 41.6 Å². The second-order valence-electron chi connectivity index (χ2n) is 3.68. The molecule has 0 radical (unpaired) electrons. The van der Waals surface area contributed by atoms with Crippen LogP contribution in [0.4, 0.5) is 0 Å². The van der Waals surface area contributed by atoms with Crippen LogP contribution in [0.15, 0.2) is 30.5 Å². The van der Waals surface area contributed by atoms with Crippen molar-refractivity contribution in [2.75, 3.05) is 14.1 Å². The molecule has 0 aliphatic heterocycles. The highest BCUT2D eigenvalue weighted by Gasteiger charge is 1.98. The van der Waals surface area contributed by atoms with E-state index in [4.69, 9.17) is 0 Å². The number of hydrogen-bond acceptors (Lipinski definition) is 2. The Morgan fingerprint density at radius 1 is 1.36 bits per heavy atom. The molecule has 1 N–H and O–H groups in total. The number of benzene rings is 1. The number of nitrogens with zero attached hydrogens (tertiary/aromatic N) is 1. The Balaban J connectivity index is 2.68. The van der Waals surface area contributed by atoms with E-state index in [2.05, 4.69) is 0 Å². The van der Waals surface area contributed by atoms with Crippen molar-refractivity contribution in [1.82, 2.24) is 4.90 Å². The van der Waals surface area contributed by atoms with Crippen molar-refractivity contribution in [3.8, 4) is 5.75 Å². The van der Waals surface area contributed by atoms with Crippen LogP contribution in [0.2, 0.25) is 0 Å². The summed E-state index contributed by atoms with van der Waals surface area (Å²) in [5.41, 5.74) is 2.05. The Labute approximate surface area is 85.5 Å². The molecule has 0 atom stereocenters. The number of aryl methyl sites for hydroxylation is 1. The maximum absolute atomic E-state index is 9.61. The molecule has 0 aliphatic carbocycles. The zero-order valence-electron chi connectivity index (χ0n) is 8.99. The predicted octanol–water partition coefficient (Wildman–Crippen LogP) is 2.32. The minimum Gasteiger partial charge on any atom is -0.508 e. The maximum atomic E-state index is 9.61. The van der Waals surface area contributed by atoms with Crippen molar-refractivity contribution in [2.45, 2.75) is 13.3 Å². The summed E-state index contributed by atoms with van der Waals surface area (Å²) in [6, 6.07) is 5.77. The third-order valence-electron chi connectivity index (χ3n) is 1.98. The summed E-state index contributed by atoms with van der Waals surface area (Å²) in [5.74, 6) is 0.383. The number of allylic oxidation sites excluding steroid dienone is 1. The summed E-state index contributed by atoms with van der Waals surface area (Å²) in [6.45, 7) is 1.97. The van der Waals surface area contributed by atoms with Gasteiger partial charge in [-0.05, 0) is 36.7 Å². The van der Waals surface area contributed by atoms with Gasteiger partial charge in [-0.2, -0.15) is 0 Å². The first-order valence-corrected chi connectivity index (χ1v) is 4.71. The SMILES string of the molecule is Cc1ccc(C/C=C/N(C)C)c(O)c1. The molecule has 0 spiro atoms. The van der Waals surface area contributed by atoms with E-state index in [1.165, 1.54) is 0 Å². The summed E-state index contributed by atoms with van der Waals surface area (Å²) in [6.07, 6.45) is 4.79. The highest BCUT2D eigenvalue weighted by Crippen LogP contribution is 2.18. The van der Waals surface area contributed by atoms with E-state index in [9.17, 15) is 5.11 Å². The van der Waals surface area contributed by atoms with Crippen LogP contribution >= 0.6 is 0 Å². The molecule has 14 heavy (non-hydrogen) atoms. The van der Waals surface area contributed by atoms with Crippen LogP contribution in [-0.4, -0.2) is 24.1 Å². The van der Waals surface area contributed by atoms with Gasteiger partial charge in [-0.15, -0.1) is 0 Å². The number of rotatable bonds is 3. The molecule has 0 saturated heterocycles. The molecule has 0 aliphatic rings. The normalized spacial score (nSPS) is 10.8. The van der Waals surface area contributed by atoms with E-state index in [1.54, 1.807) is 6.07 Å². The zero-order valence-corrected chi connectivity index (χ0v) is 8.99. The standard InChI is InChI=1S/C12H17NO/c1-10-6-7-11(12(14)9-10)5-4-8-13(2)3/h4,6-9,14H,5H2,1-3H3/b8-4+. The molecular formula is C12H17NO. The van der Waals surface area contributed by atoms with E-state index in [0.717, 1.165) is 17.5 Å². The largest absolute Gasteiger partial charge is 0.508 e. The monoisotopic (exact) mass is 191 g/mol. The van der Waals surface area contributed by atoms with Gasteiger partial charge in [0.15, 0.2) is 0 Å². The lowest BCUT2D eigenvalue weighted by Crippen LogP contribution is -2.00. The summed E-state index contributed by atoms with van der Waals surface area (Å²) in [4.78, 5) is 1.98. The Bertz CT molecular complexity index is 329. The fourth-order valence-corrected chi connectivity index (χ4v) is 1.24. The van der Waals surface area contributed by atoms with Gasteiger partial charge in [0.1, 0.15) is 5.75 Å². The Morgan fingerprint density at radius 3 is 2.64 bits per heavy atom. The molecule has 1 aromatic carbocycles. The first kappa shape index (κ1) is 10.6. The Kier molecular flexibility index (Phi) is 3.57. The van der Waals surface area contributed by atoms with E-state index < -0.39 is 0 Å². The van der Waals surface area contributed by atoms with Gasteiger partial charge >= 0.3 is 0 Å². The fourth-order valence-electron chi connectivity index (χ4n) is 1.24. The van der Waals surface area contributed by atoms with Gasteiger partial charge in [-0.3, -0.25) is 0 Å². The quantitative estimate of drug-likeness (QED) is 0.792. The van der Waals surface area contributed by atoms with Gasteiger partial charge in [0.25, 0.3) is 0 Å². The van der Waals surface area contributed by atoms with Crippen LogP contribution in [0.25, 0.3) is 0 Å². The third-order valence-corrected chi connectivity index (χ3v) is 1.98. The Morgan fingerprint density at radius 2 is 2.07 bits per heavy atom. The van der Waals surface area contributed by atoms with Crippen molar-refractivity contribution in [3.63, 3.8) is 0 Å². The lowest BCUT2D eigenvalue weighted by Gasteiger charge is -2.05. The van der Waals surface area contributed by atoms with Gasteiger partial charge in [-0.1, -0.05) is 18.2 Å². The van der Waals surface area contributed by atoms with Crippen LogP contribution in [-0.2, 0) is 6.42 Å². The molecule has 2 heteroatoms. The maximum Gasteiger partial charge on any atom is 0.119 e.